The Morgan fingerprint density at radius 1 is 1.47 bits per heavy atom. The van der Waals surface area contributed by atoms with Gasteiger partial charge in [-0.2, -0.15) is 11.8 Å². The summed E-state index contributed by atoms with van der Waals surface area (Å²) in [5.74, 6) is 0.884. The van der Waals surface area contributed by atoms with E-state index < -0.39 is 5.54 Å². The molecule has 0 aliphatic heterocycles. The number of likely N-dealkylation sites (N-methyl/N-ethyl adjacent to an activating group) is 1. The van der Waals surface area contributed by atoms with Crippen molar-refractivity contribution in [1.29, 1.82) is 0 Å². The molecule has 0 heterocycles. The maximum atomic E-state index is 11.8. The number of carbonyl (C=O) groups is 1. The van der Waals surface area contributed by atoms with Gasteiger partial charge in [-0.1, -0.05) is 19.8 Å². The summed E-state index contributed by atoms with van der Waals surface area (Å²) in [6.45, 7) is 4.75. The van der Waals surface area contributed by atoms with Gasteiger partial charge >= 0.3 is 5.97 Å². The van der Waals surface area contributed by atoms with Crippen molar-refractivity contribution in [2.45, 2.75) is 56.7 Å². The standard InChI is InChI=1S/C13H25NO2S/c1-4-14-13(2,12(15)16-3)9-10-17-11-7-5-6-8-11/h11,14H,4-10H2,1-3H3. The summed E-state index contributed by atoms with van der Waals surface area (Å²) in [6, 6.07) is 0. The Hall–Kier alpha value is -0.220. The number of hydrogen-bond donors (Lipinski definition) is 1. The average molecular weight is 259 g/mol. The van der Waals surface area contributed by atoms with Crippen LogP contribution in [0.15, 0.2) is 0 Å². The van der Waals surface area contributed by atoms with Crippen LogP contribution < -0.4 is 5.32 Å². The summed E-state index contributed by atoms with van der Waals surface area (Å²) < 4.78 is 4.88. The molecule has 0 aromatic heterocycles. The topological polar surface area (TPSA) is 38.3 Å². The van der Waals surface area contributed by atoms with Crippen LogP contribution in [0.25, 0.3) is 0 Å². The van der Waals surface area contributed by atoms with Gasteiger partial charge < -0.3 is 10.1 Å². The Kier molecular flexibility index (Phi) is 6.34. The van der Waals surface area contributed by atoms with Crippen LogP contribution in [0.3, 0.4) is 0 Å². The zero-order valence-electron chi connectivity index (χ0n) is 11.3. The highest BCUT2D eigenvalue weighted by Crippen LogP contribution is 2.30. The molecule has 0 bridgehead atoms. The predicted octanol–water partition coefficient (Wildman–Crippen LogP) is 2.59. The Balaban J connectivity index is 2.35. The minimum absolute atomic E-state index is 0.147. The maximum Gasteiger partial charge on any atom is 0.325 e. The fourth-order valence-corrected chi connectivity index (χ4v) is 3.89. The van der Waals surface area contributed by atoms with Gasteiger partial charge in [0.25, 0.3) is 0 Å². The molecular formula is C13H25NO2S. The first-order chi connectivity index (χ1) is 8.12. The molecular weight excluding hydrogens is 234 g/mol. The molecule has 1 N–H and O–H groups in total. The van der Waals surface area contributed by atoms with Crippen LogP contribution in [0, 0.1) is 0 Å². The van der Waals surface area contributed by atoms with E-state index in [1.165, 1.54) is 32.8 Å². The van der Waals surface area contributed by atoms with Crippen molar-refractivity contribution in [1.82, 2.24) is 5.32 Å². The number of rotatable bonds is 7. The lowest BCUT2D eigenvalue weighted by Crippen LogP contribution is -2.50. The van der Waals surface area contributed by atoms with Gasteiger partial charge in [0.1, 0.15) is 5.54 Å². The number of methoxy groups -OCH3 is 1. The van der Waals surface area contributed by atoms with Crippen molar-refractivity contribution in [3.05, 3.63) is 0 Å². The molecule has 0 saturated heterocycles. The van der Waals surface area contributed by atoms with Crippen LogP contribution >= 0.6 is 11.8 Å². The number of carbonyl (C=O) groups excluding carboxylic acids is 1. The summed E-state index contributed by atoms with van der Waals surface area (Å²) >= 11 is 2.02. The highest BCUT2D eigenvalue weighted by molar-refractivity contribution is 7.99. The summed E-state index contributed by atoms with van der Waals surface area (Å²) in [4.78, 5) is 11.8. The lowest BCUT2D eigenvalue weighted by Gasteiger charge is -2.27. The van der Waals surface area contributed by atoms with Gasteiger partial charge in [0.2, 0.25) is 0 Å². The Morgan fingerprint density at radius 2 is 2.12 bits per heavy atom. The molecule has 1 rings (SSSR count). The molecule has 4 heteroatoms. The first-order valence-corrected chi connectivity index (χ1v) is 7.62. The molecule has 0 aromatic rings. The average Bonchev–Trinajstić information content (AvgIpc) is 2.81. The van der Waals surface area contributed by atoms with E-state index in [1.807, 2.05) is 25.6 Å². The third-order valence-corrected chi connectivity index (χ3v) is 4.84. The summed E-state index contributed by atoms with van der Waals surface area (Å²) in [5, 5.41) is 4.07. The van der Waals surface area contributed by atoms with Gasteiger partial charge in [0.15, 0.2) is 0 Å². The fraction of sp³-hybridized carbons (Fsp3) is 0.923. The van der Waals surface area contributed by atoms with Crippen LogP contribution in [-0.2, 0) is 9.53 Å². The van der Waals surface area contributed by atoms with Crippen molar-refractivity contribution < 1.29 is 9.53 Å². The van der Waals surface area contributed by atoms with E-state index >= 15 is 0 Å². The summed E-state index contributed by atoms with van der Waals surface area (Å²) in [7, 11) is 1.46. The number of nitrogens with one attached hydrogen (secondary N) is 1. The van der Waals surface area contributed by atoms with Crippen molar-refractivity contribution in [3.8, 4) is 0 Å². The minimum atomic E-state index is -0.519. The van der Waals surface area contributed by atoms with Crippen molar-refractivity contribution in [2.24, 2.45) is 0 Å². The number of ether oxygens (including phenoxy) is 1. The zero-order chi connectivity index (χ0) is 12.7. The molecule has 100 valence electrons. The molecule has 1 saturated carbocycles. The fourth-order valence-electron chi connectivity index (χ4n) is 2.36. The van der Waals surface area contributed by atoms with Gasteiger partial charge in [0, 0.05) is 5.25 Å². The second-order valence-corrected chi connectivity index (χ2v) is 6.29. The molecule has 1 aliphatic rings. The van der Waals surface area contributed by atoms with Crippen LogP contribution in [-0.4, -0.2) is 36.2 Å². The van der Waals surface area contributed by atoms with Gasteiger partial charge in [-0.15, -0.1) is 0 Å². The maximum absolute atomic E-state index is 11.8. The molecule has 1 unspecified atom stereocenters. The largest absolute Gasteiger partial charge is 0.468 e. The Bertz CT molecular complexity index is 242. The highest BCUT2D eigenvalue weighted by Gasteiger charge is 2.33. The molecule has 0 spiro atoms. The monoisotopic (exact) mass is 259 g/mol. The van der Waals surface area contributed by atoms with E-state index in [9.17, 15) is 4.79 Å². The second kappa shape index (κ2) is 7.27. The van der Waals surface area contributed by atoms with E-state index in [0.717, 1.165) is 24.0 Å². The summed E-state index contributed by atoms with van der Waals surface area (Å²) in [5.41, 5.74) is -0.519. The van der Waals surface area contributed by atoms with Crippen LogP contribution in [0.5, 0.6) is 0 Å². The van der Waals surface area contributed by atoms with Gasteiger partial charge in [-0.3, -0.25) is 4.79 Å². The number of hydrogen-bond acceptors (Lipinski definition) is 4. The molecule has 1 aliphatic carbocycles. The van der Waals surface area contributed by atoms with Crippen molar-refractivity contribution in [3.63, 3.8) is 0 Å². The van der Waals surface area contributed by atoms with Crippen molar-refractivity contribution in [2.75, 3.05) is 19.4 Å². The first-order valence-electron chi connectivity index (χ1n) is 6.57. The lowest BCUT2D eigenvalue weighted by atomic mass is 9.99. The smallest absolute Gasteiger partial charge is 0.325 e. The van der Waals surface area contributed by atoms with Crippen LogP contribution in [0.1, 0.15) is 46.0 Å². The van der Waals surface area contributed by atoms with Crippen LogP contribution in [0.4, 0.5) is 0 Å². The Morgan fingerprint density at radius 3 is 2.65 bits per heavy atom. The third kappa shape index (κ3) is 4.51. The first kappa shape index (κ1) is 14.8. The molecule has 17 heavy (non-hydrogen) atoms. The summed E-state index contributed by atoms with van der Waals surface area (Å²) in [6.07, 6.45) is 6.29. The third-order valence-electron chi connectivity index (χ3n) is 3.46. The molecule has 0 amide bonds. The molecule has 1 fully saturated rings. The van der Waals surface area contributed by atoms with E-state index in [1.54, 1.807) is 0 Å². The minimum Gasteiger partial charge on any atom is -0.468 e. The van der Waals surface area contributed by atoms with Gasteiger partial charge in [0.05, 0.1) is 7.11 Å². The number of thioether (sulfide) groups is 1. The second-order valence-electron chi connectivity index (χ2n) is 4.88. The van der Waals surface area contributed by atoms with Crippen molar-refractivity contribution >= 4 is 17.7 Å². The SMILES string of the molecule is CCNC(C)(CCSC1CCCC1)C(=O)OC. The molecule has 3 nitrogen and oxygen atoms in total. The Labute approximate surface area is 109 Å². The normalized spacial score (nSPS) is 20.2. The van der Waals surface area contributed by atoms with E-state index in [2.05, 4.69) is 5.32 Å². The van der Waals surface area contributed by atoms with Gasteiger partial charge in [-0.05, 0) is 38.5 Å². The van der Waals surface area contributed by atoms with E-state index in [0.29, 0.717) is 0 Å². The number of esters is 1. The quantitative estimate of drug-likeness (QED) is 0.713. The highest BCUT2D eigenvalue weighted by atomic mass is 32.2. The predicted molar refractivity (Wildman–Crippen MR) is 73.4 cm³/mol. The lowest BCUT2D eigenvalue weighted by molar-refractivity contribution is -0.147. The molecule has 0 radical (unpaired) electrons. The zero-order valence-corrected chi connectivity index (χ0v) is 12.1. The van der Waals surface area contributed by atoms with E-state index in [-0.39, 0.29) is 5.97 Å². The molecule has 0 aromatic carbocycles. The van der Waals surface area contributed by atoms with Crippen LogP contribution in [0.2, 0.25) is 0 Å². The van der Waals surface area contributed by atoms with E-state index in [4.69, 9.17) is 4.74 Å². The molecule has 1 atom stereocenters. The van der Waals surface area contributed by atoms with Gasteiger partial charge in [-0.25, -0.2) is 0 Å².